The monoisotopic (exact) mass is 400 g/mol. The van der Waals surface area contributed by atoms with E-state index in [-0.39, 0.29) is 0 Å². The van der Waals surface area contributed by atoms with Crippen LogP contribution in [-0.2, 0) is 0 Å². The Kier molecular flexibility index (Phi) is 4.27. The first-order valence-corrected chi connectivity index (χ1v) is 8.36. The Morgan fingerprint density at radius 1 is 0.667 bits per heavy atom. The number of halogens is 2. The maximum absolute atomic E-state index is 3.70. The van der Waals surface area contributed by atoms with Crippen molar-refractivity contribution in [2.45, 2.75) is 6.92 Å². The number of hydrogen-bond acceptors (Lipinski definition) is 0. The molecule has 0 fully saturated rings. The second kappa shape index (κ2) is 6.17. The first-order valence-electron chi connectivity index (χ1n) is 6.77. The second-order valence-corrected chi connectivity index (χ2v) is 6.64. The van der Waals surface area contributed by atoms with Gasteiger partial charge in [0.15, 0.2) is 0 Å². The van der Waals surface area contributed by atoms with Gasteiger partial charge in [0.25, 0.3) is 0 Å². The van der Waals surface area contributed by atoms with E-state index in [2.05, 4.69) is 99.4 Å². The van der Waals surface area contributed by atoms with Crippen LogP contribution in [0.3, 0.4) is 0 Å². The minimum Gasteiger partial charge on any atom is -0.0616 e. The zero-order valence-corrected chi connectivity index (χ0v) is 14.8. The van der Waals surface area contributed by atoms with Gasteiger partial charge in [0.2, 0.25) is 0 Å². The fourth-order valence-electron chi connectivity index (χ4n) is 2.42. The van der Waals surface area contributed by atoms with Gasteiger partial charge >= 0.3 is 0 Å². The highest BCUT2D eigenvalue weighted by Crippen LogP contribution is 2.34. The summed E-state index contributed by atoms with van der Waals surface area (Å²) in [6.07, 6.45) is 0. The van der Waals surface area contributed by atoms with E-state index >= 15 is 0 Å². The molecule has 0 unspecified atom stereocenters. The van der Waals surface area contributed by atoms with E-state index in [1.807, 2.05) is 6.07 Å². The lowest BCUT2D eigenvalue weighted by atomic mass is 9.98. The molecule has 104 valence electrons. The summed E-state index contributed by atoms with van der Waals surface area (Å²) in [6.45, 7) is 2.12. The molecular weight excluding hydrogens is 388 g/mol. The quantitative estimate of drug-likeness (QED) is 0.440. The van der Waals surface area contributed by atoms with Gasteiger partial charge in [0.05, 0.1) is 0 Å². The minimum atomic E-state index is 1.12. The molecule has 0 N–H and O–H groups in total. The largest absolute Gasteiger partial charge is 0.0616 e. The summed E-state index contributed by atoms with van der Waals surface area (Å²) in [6, 6.07) is 23.3. The number of hydrogen-bond donors (Lipinski definition) is 0. The van der Waals surface area contributed by atoms with E-state index in [4.69, 9.17) is 0 Å². The number of aryl methyl sites for hydroxylation is 1. The Balaban J connectivity index is 2.13. The highest BCUT2D eigenvalue weighted by Gasteiger charge is 2.07. The molecule has 0 nitrogen and oxygen atoms in total. The van der Waals surface area contributed by atoms with Crippen LogP contribution in [0.4, 0.5) is 0 Å². The molecule has 0 aliphatic rings. The van der Waals surface area contributed by atoms with E-state index in [9.17, 15) is 0 Å². The van der Waals surface area contributed by atoms with E-state index in [0.29, 0.717) is 0 Å². The lowest BCUT2D eigenvalue weighted by Gasteiger charge is -2.10. The first-order chi connectivity index (χ1) is 10.2. The standard InChI is InChI=1S/C19H14Br2/c1-13-6-4-10-17(19(13)21)15-8-5-7-14(12-15)16-9-2-3-11-18(16)20/h2-12H,1H3. The van der Waals surface area contributed by atoms with Crippen LogP contribution < -0.4 is 0 Å². The van der Waals surface area contributed by atoms with Crippen molar-refractivity contribution >= 4 is 31.9 Å². The summed E-state index contributed by atoms with van der Waals surface area (Å²) in [5, 5.41) is 0. The Morgan fingerprint density at radius 3 is 2.05 bits per heavy atom. The lowest BCUT2D eigenvalue weighted by molar-refractivity contribution is 1.42. The average Bonchev–Trinajstić information content (AvgIpc) is 2.51. The molecule has 0 aliphatic carbocycles. The van der Waals surface area contributed by atoms with Crippen LogP contribution in [0.15, 0.2) is 75.7 Å². The molecule has 3 aromatic rings. The summed E-state index contributed by atoms with van der Waals surface area (Å²) in [5.74, 6) is 0. The van der Waals surface area contributed by atoms with Crippen molar-refractivity contribution in [1.82, 2.24) is 0 Å². The van der Waals surface area contributed by atoms with Gasteiger partial charge in [-0.1, -0.05) is 70.5 Å². The predicted octanol–water partition coefficient (Wildman–Crippen LogP) is 6.85. The van der Waals surface area contributed by atoms with Crippen LogP contribution >= 0.6 is 31.9 Å². The Bertz CT molecular complexity index is 791. The Hall–Kier alpha value is -1.38. The number of benzene rings is 3. The van der Waals surface area contributed by atoms with Crippen molar-refractivity contribution in [3.63, 3.8) is 0 Å². The normalized spacial score (nSPS) is 10.6. The van der Waals surface area contributed by atoms with Gasteiger partial charge in [-0.05, 0) is 62.8 Å². The lowest BCUT2D eigenvalue weighted by Crippen LogP contribution is -1.85. The molecule has 3 rings (SSSR count). The molecule has 0 atom stereocenters. The molecule has 0 radical (unpaired) electrons. The van der Waals surface area contributed by atoms with Crippen LogP contribution in [0.5, 0.6) is 0 Å². The third-order valence-electron chi connectivity index (χ3n) is 3.55. The molecule has 0 aromatic heterocycles. The summed E-state index contributed by atoms with van der Waals surface area (Å²) in [4.78, 5) is 0. The number of rotatable bonds is 2. The third kappa shape index (κ3) is 2.97. The smallest absolute Gasteiger partial charge is 0.0282 e. The summed E-state index contributed by atoms with van der Waals surface area (Å²) < 4.78 is 2.28. The SMILES string of the molecule is Cc1cccc(-c2cccc(-c3ccccc3Br)c2)c1Br. The molecule has 3 aromatic carbocycles. The molecular formula is C19H14Br2. The van der Waals surface area contributed by atoms with Crippen LogP contribution in [0.1, 0.15) is 5.56 Å². The zero-order chi connectivity index (χ0) is 14.8. The minimum absolute atomic E-state index is 1.12. The average molecular weight is 402 g/mol. The third-order valence-corrected chi connectivity index (χ3v) is 5.29. The first kappa shape index (κ1) is 14.6. The van der Waals surface area contributed by atoms with E-state index in [0.717, 1.165) is 8.95 Å². The second-order valence-electron chi connectivity index (χ2n) is 5.00. The van der Waals surface area contributed by atoms with Crippen molar-refractivity contribution < 1.29 is 0 Å². The van der Waals surface area contributed by atoms with Gasteiger partial charge in [-0.3, -0.25) is 0 Å². The van der Waals surface area contributed by atoms with Gasteiger partial charge in [-0.2, -0.15) is 0 Å². The fourth-order valence-corrected chi connectivity index (χ4v) is 3.43. The fraction of sp³-hybridized carbons (Fsp3) is 0.0526. The summed E-state index contributed by atoms with van der Waals surface area (Å²) in [7, 11) is 0. The Morgan fingerprint density at radius 2 is 1.29 bits per heavy atom. The molecule has 0 saturated heterocycles. The predicted molar refractivity (Wildman–Crippen MR) is 97.5 cm³/mol. The maximum Gasteiger partial charge on any atom is 0.0282 e. The van der Waals surface area contributed by atoms with E-state index in [1.54, 1.807) is 0 Å². The molecule has 0 spiro atoms. The van der Waals surface area contributed by atoms with E-state index in [1.165, 1.54) is 27.8 Å². The van der Waals surface area contributed by atoms with Crippen molar-refractivity contribution in [3.8, 4) is 22.3 Å². The molecule has 0 bridgehead atoms. The van der Waals surface area contributed by atoms with Gasteiger partial charge in [-0.25, -0.2) is 0 Å². The van der Waals surface area contributed by atoms with Gasteiger partial charge in [-0.15, -0.1) is 0 Å². The zero-order valence-electron chi connectivity index (χ0n) is 11.6. The molecule has 21 heavy (non-hydrogen) atoms. The van der Waals surface area contributed by atoms with Gasteiger partial charge in [0, 0.05) is 8.95 Å². The van der Waals surface area contributed by atoms with Crippen molar-refractivity contribution in [3.05, 3.63) is 81.2 Å². The van der Waals surface area contributed by atoms with Crippen molar-refractivity contribution in [2.24, 2.45) is 0 Å². The molecule has 0 saturated carbocycles. The van der Waals surface area contributed by atoms with Crippen LogP contribution in [0.25, 0.3) is 22.3 Å². The van der Waals surface area contributed by atoms with Crippen molar-refractivity contribution in [2.75, 3.05) is 0 Å². The summed E-state index contributed by atoms with van der Waals surface area (Å²) >= 11 is 7.33. The maximum atomic E-state index is 3.70. The molecule has 2 heteroatoms. The van der Waals surface area contributed by atoms with Crippen molar-refractivity contribution in [1.29, 1.82) is 0 Å². The van der Waals surface area contributed by atoms with Crippen LogP contribution in [0, 0.1) is 6.92 Å². The van der Waals surface area contributed by atoms with Crippen LogP contribution in [-0.4, -0.2) is 0 Å². The topological polar surface area (TPSA) is 0 Å². The Labute approximate surface area is 142 Å². The molecule has 0 amide bonds. The molecule has 0 aliphatic heterocycles. The highest BCUT2D eigenvalue weighted by molar-refractivity contribution is 9.11. The van der Waals surface area contributed by atoms with Crippen LogP contribution in [0.2, 0.25) is 0 Å². The highest BCUT2D eigenvalue weighted by atomic mass is 79.9. The van der Waals surface area contributed by atoms with Gasteiger partial charge in [0.1, 0.15) is 0 Å². The van der Waals surface area contributed by atoms with E-state index < -0.39 is 0 Å². The molecule has 0 heterocycles. The van der Waals surface area contributed by atoms with Gasteiger partial charge < -0.3 is 0 Å². The summed E-state index contributed by atoms with van der Waals surface area (Å²) in [5.41, 5.74) is 6.12.